The van der Waals surface area contributed by atoms with E-state index in [9.17, 15) is 10.4 Å². The lowest BCUT2D eigenvalue weighted by molar-refractivity contribution is 0.231. The maximum Gasteiger partial charge on any atom is 0.163 e. The number of nitrogens with zero attached hydrogens (tertiary/aromatic N) is 3. The first kappa shape index (κ1) is 60.2. The molecule has 0 saturated carbocycles. The summed E-state index contributed by atoms with van der Waals surface area (Å²) >= 11 is 0. The van der Waals surface area contributed by atoms with Gasteiger partial charge in [0.25, 0.3) is 0 Å². The molecule has 0 spiro atoms. The highest BCUT2D eigenvalue weighted by Gasteiger charge is 2.18. The number of unbranched alkanes of at least 4 members (excludes halogenated alkanes) is 7. The molecule has 0 aromatic heterocycles. The van der Waals surface area contributed by atoms with E-state index in [0.717, 1.165) is 135 Å². The number of aliphatic imine (C=N–C) groups is 2. The van der Waals surface area contributed by atoms with Crippen molar-refractivity contribution in [1.82, 2.24) is 0 Å². The van der Waals surface area contributed by atoms with Gasteiger partial charge in [-0.25, -0.2) is 14.8 Å². The van der Waals surface area contributed by atoms with Crippen LogP contribution in [-0.4, -0.2) is 49.5 Å². The highest BCUT2D eigenvalue weighted by Crippen LogP contribution is 2.34. The van der Waals surface area contributed by atoms with E-state index in [1.807, 2.05) is 97.9 Å². The van der Waals surface area contributed by atoms with Crippen LogP contribution < -0.4 is 24.7 Å². The van der Waals surface area contributed by atoms with Gasteiger partial charge in [-0.1, -0.05) is 159 Å². The Morgan fingerprint density at radius 1 is 0.667 bits per heavy atom. The van der Waals surface area contributed by atoms with Crippen molar-refractivity contribution in [3.63, 3.8) is 0 Å². The fraction of sp³-hybridized carbons (Fsp3) is 0.400. The number of ether oxygens (including phenoxy) is 4. The Labute approximate surface area is 448 Å². The smallest absolute Gasteiger partial charge is 0.163 e. The lowest BCUT2D eigenvalue weighted by atomic mass is 9.91. The molecule has 0 bridgehead atoms. The van der Waals surface area contributed by atoms with Crippen LogP contribution in [0.4, 0.5) is 0 Å². The maximum absolute atomic E-state index is 11.4. The second kappa shape index (κ2) is 35.0. The molecule has 5 aromatic rings. The Hall–Kier alpha value is -7.34. The molecule has 0 amide bonds. The van der Waals surface area contributed by atoms with Crippen molar-refractivity contribution < 1.29 is 28.8 Å². The van der Waals surface area contributed by atoms with Crippen LogP contribution >= 0.6 is 0 Å². The normalized spacial score (nSPS) is 12.0. The summed E-state index contributed by atoms with van der Waals surface area (Å²) in [6.07, 6.45) is 16.6. The van der Waals surface area contributed by atoms with Gasteiger partial charge in [-0.3, -0.25) is 0 Å². The van der Waals surface area contributed by atoms with Crippen molar-refractivity contribution in [2.75, 3.05) is 26.9 Å². The molecule has 0 fully saturated rings. The molecule has 3 N–H and O–H groups in total. The van der Waals surface area contributed by atoms with Gasteiger partial charge in [-0.2, -0.15) is 5.26 Å². The van der Waals surface area contributed by atoms with E-state index in [0.29, 0.717) is 65.8 Å². The van der Waals surface area contributed by atoms with E-state index in [1.54, 1.807) is 13.2 Å². The van der Waals surface area contributed by atoms with Crippen molar-refractivity contribution in [3.8, 4) is 34.8 Å². The van der Waals surface area contributed by atoms with Crippen LogP contribution in [0.1, 0.15) is 159 Å². The lowest BCUT2D eigenvalue weighted by Gasteiger charge is -2.18. The van der Waals surface area contributed by atoms with Gasteiger partial charge in [0.1, 0.15) is 34.7 Å². The maximum atomic E-state index is 11.4. The second-order valence-corrected chi connectivity index (χ2v) is 18.8. The highest BCUT2D eigenvalue weighted by molar-refractivity contribution is 6.13. The number of nitrogens with two attached hydrogens (primary N) is 1. The first-order valence-corrected chi connectivity index (χ1v) is 27.1. The minimum absolute atomic E-state index is 0.0351. The van der Waals surface area contributed by atoms with Gasteiger partial charge in [0.05, 0.1) is 50.5 Å². The zero-order chi connectivity index (χ0) is 54.0. The van der Waals surface area contributed by atoms with Gasteiger partial charge in [0.2, 0.25) is 0 Å². The number of benzene rings is 5. The van der Waals surface area contributed by atoms with Crippen LogP contribution in [0.15, 0.2) is 150 Å². The third-order valence-electron chi connectivity index (χ3n) is 13.3. The van der Waals surface area contributed by atoms with Gasteiger partial charge < -0.3 is 29.8 Å². The summed E-state index contributed by atoms with van der Waals surface area (Å²) in [5.41, 5.74) is 11.7. The first-order valence-electron chi connectivity index (χ1n) is 27.1. The molecule has 0 saturated heterocycles. The molecule has 0 radical (unpaired) electrons. The van der Waals surface area contributed by atoms with Crippen LogP contribution in [0.3, 0.4) is 0 Å². The molecule has 5 aromatic carbocycles. The van der Waals surface area contributed by atoms with Crippen molar-refractivity contribution in [2.45, 2.75) is 131 Å². The van der Waals surface area contributed by atoms with Crippen LogP contribution in [0.25, 0.3) is 11.3 Å². The number of hydrogen-bond donors (Lipinski definition) is 2. The Kier molecular flexibility index (Phi) is 28.1. The zero-order valence-electron chi connectivity index (χ0n) is 45.6. The zero-order valence-corrected chi connectivity index (χ0v) is 45.6. The summed E-state index contributed by atoms with van der Waals surface area (Å²) in [7, 11) is 1.65. The number of aromatic hydroxyl groups is 1. The standard InChI is InChI=1S/C63H79N3O5.C2H3NO/c1-8-12-26-49(10-3)45-70-56-37-39-58(60(67)42-56)48(6)66-63(65-47(5)51-33-35-55(68-7)36-34-51)59-40-38-57(71-46-50(11-4)27-13-9-2)43-61(59)69-41-25-17-15-14-16-20-32-54(44-64)62(52-28-21-18-22-29-52)53-30-23-19-24-31-53;3-1-2-4/h18-19,21-24,28-31,33-40,42-43,49-50,67H,6,8-17,20,25-27,32,41,45-46H2,1-5,7H3;1H,3H2. The van der Waals surface area contributed by atoms with Gasteiger partial charge in [-0.15, -0.1) is 0 Å². The molecule has 398 valence electrons. The van der Waals surface area contributed by atoms with Gasteiger partial charge in [0, 0.05) is 34.6 Å². The number of nitriles is 1. The molecular formula is C65H82N4O6. The largest absolute Gasteiger partial charge is 0.507 e. The Morgan fingerprint density at radius 3 is 1.69 bits per heavy atom. The number of phenolic OH excluding ortho intramolecular Hbond substituents is 1. The lowest BCUT2D eigenvalue weighted by Crippen LogP contribution is -2.12. The predicted octanol–water partition coefficient (Wildman–Crippen LogP) is 15.9. The van der Waals surface area contributed by atoms with Crippen molar-refractivity contribution in [2.24, 2.45) is 27.6 Å². The quantitative estimate of drug-likeness (QED) is 0.0147. The molecule has 0 aliphatic carbocycles. The predicted molar refractivity (Wildman–Crippen MR) is 310 cm³/mol. The monoisotopic (exact) mass is 1010 g/mol. The van der Waals surface area contributed by atoms with Gasteiger partial charge >= 0.3 is 0 Å². The summed E-state index contributed by atoms with van der Waals surface area (Å²) in [5.74, 6) is 5.41. The number of allylic oxidation sites excluding steroid dienone is 1. The minimum Gasteiger partial charge on any atom is -0.507 e. The molecule has 10 heteroatoms. The fourth-order valence-electron chi connectivity index (χ4n) is 8.61. The molecule has 0 aliphatic heterocycles. The number of hydrogen-bond acceptors (Lipinski definition) is 9. The Bertz CT molecular complexity index is 2610. The Balaban J connectivity index is 0.00000293. The molecule has 10 nitrogen and oxygen atoms in total. The summed E-state index contributed by atoms with van der Waals surface area (Å²) in [6, 6.07) is 42.0. The van der Waals surface area contributed by atoms with Crippen LogP contribution in [0.5, 0.6) is 28.7 Å². The third-order valence-corrected chi connectivity index (χ3v) is 13.3. The summed E-state index contributed by atoms with van der Waals surface area (Å²) in [6.45, 7) is 16.9. The first-order chi connectivity index (χ1) is 36.6. The molecular weight excluding hydrogens is 933 g/mol. The SMILES string of the molecule is C=C(N=C(N=C(C)c1ccc(OC)cc1)c1ccc(OCC(CC)CCCC)cc1OCCCCCCCCC(C#N)=C(c1ccccc1)c1ccccc1)c1ccc(OCC(CC)CCCC)cc1O.NC=C=O. The molecule has 2 atom stereocenters. The number of carbonyl (C=O) groups excluding carboxylic acids is 1. The molecule has 0 aliphatic rings. The van der Waals surface area contributed by atoms with Crippen molar-refractivity contribution in [3.05, 3.63) is 167 Å². The molecule has 0 heterocycles. The average molecular weight is 1020 g/mol. The van der Waals surface area contributed by atoms with Gasteiger partial charge in [-0.05, 0) is 116 Å². The number of amidine groups is 1. The number of rotatable bonds is 31. The van der Waals surface area contributed by atoms with Crippen LogP contribution in [0, 0.1) is 23.2 Å². The molecule has 5 rings (SSSR count). The van der Waals surface area contributed by atoms with E-state index in [4.69, 9.17) is 33.7 Å². The Morgan fingerprint density at radius 2 is 1.19 bits per heavy atom. The highest BCUT2D eigenvalue weighted by atomic mass is 16.5. The average Bonchev–Trinajstić information content (AvgIpc) is 3.44. The van der Waals surface area contributed by atoms with Crippen molar-refractivity contribution in [1.29, 1.82) is 5.26 Å². The number of phenols is 1. The van der Waals surface area contributed by atoms with Crippen molar-refractivity contribution >= 4 is 28.8 Å². The van der Waals surface area contributed by atoms with E-state index >= 15 is 0 Å². The summed E-state index contributed by atoms with van der Waals surface area (Å²) < 4.78 is 24.7. The summed E-state index contributed by atoms with van der Waals surface area (Å²) in [5, 5.41) is 21.6. The van der Waals surface area contributed by atoms with Crippen LogP contribution in [0.2, 0.25) is 0 Å². The third kappa shape index (κ3) is 20.8. The topological polar surface area (TPSA) is 149 Å². The van der Waals surface area contributed by atoms with E-state index in [1.165, 1.54) is 18.8 Å². The van der Waals surface area contributed by atoms with Gasteiger partial charge in [0.15, 0.2) is 5.84 Å². The van der Waals surface area contributed by atoms with Crippen LogP contribution in [-0.2, 0) is 4.79 Å². The second-order valence-electron chi connectivity index (χ2n) is 18.8. The minimum atomic E-state index is 0.0351. The van der Waals surface area contributed by atoms with E-state index < -0.39 is 0 Å². The van der Waals surface area contributed by atoms with E-state index in [2.05, 4.69) is 70.3 Å². The van der Waals surface area contributed by atoms with E-state index in [-0.39, 0.29) is 5.75 Å². The molecule has 2 unspecified atom stereocenters. The number of methoxy groups -OCH3 is 1. The fourth-order valence-corrected chi connectivity index (χ4v) is 8.61. The summed E-state index contributed by atoms with van der Waals surface area (Å²) in [4.78, 5) is 19.1. The molecule has 75 heavy (non-hydrogen) atoms.